The molecule has 2 amide bonds. The van der Waals surface area contributed by atoms with Crippen molar-refractivity contribution in [3.63, 3.8) is 0 Å². The van der Waals surface area contributed by atoms with Crippen LogP contribution in [0.1, 0.15) is 40.5 Å². The van der Waals surface area contributed by atoms with Gasteiger partial charge in [0.25, 0.3) is 0 Å². The maximum atomic E-state index is 12.2. The van der Waals surface area contributed by atoms with E-state index in [-0.39, 0.29) is 17.9 Å². The highest BCUT2D eigenvalue weighted by molar-refractivity contribution is 6.27. The fourth-order valence-corrected chi connectivity index (χ4v) is 2.27. The minimum atomic E-state index is -0.514. The van der Waals surface area contributed by atoms with Gasteiger partial charge in [-0.3, -0.25) is 4.79 Å². The van der Waals surface area contributed by atoms with E-state index in [4.69, 9.17) is 16.3 Å². The first-order chi connectivity index (χ1) is 8.68. The Morgan fingerprint density at radius 1 is 1.42 bits per heavy atom. The van der Waals surface area contributed by atoms with Crippen molar-refractivity contribution >= 4 is 23.6 Å². The molecule has 110 valence electrons. The zero-order valence-corrected chi connectivity index (χ0v) is 12.8. The Morgan fingerprint density at radius 2 is 2.05 bits per heavy atom. The van der Waals surface area contributed by atoms with Crippen LogP contribution in [0.15, 0.2) is 0 Å². The molecule has 0 aliphatic carbocycles. The molecular weight excluding hydrogens is 268 g/mol. The highest BCUT2D eigenvalue weighted by atomic mass is 35.5. The SMILES string of the molecule is CC(C)(C)OC(=O)N1CCCC1(C)CNC(=O)CCl. The zero-order chi connectivity index (χ0) is 14.7. The molecule has 19 heavy (non-hydrogen) atoms. The van der Waals surface area contributed by atoms with Crippen LogP contribution in [-0.4, -0.2) is 47.0 Å². The van der Waals surface area contributed by atoms with E-state index in [0.29, 0.717) is 13.1 Å². The molecule has 0 radical (unpaired) electrons. The Bertz CT molecular complexity index is 354. The third-order valence-electron chi connectivity index (χ3n) is 3.15. The van der Waals surface area contributed by atoms with Gasteiger partial charge in [-0.05, 0) is 40.5 Å². The first-order valence-corrected chi connectivity index (χ1v) is 7.05. The largest absolute Gasteiger partial charge is 0.444 e. The lowest BCUT2D eigenvalue weighted by atomic mass is 9.99. The van der Waals surface area contributed by atoms with E-state index in [0.717, 1.165) is 12.8 Å². The van der Waals surface area contributed by atoms with Gasteiger partial charge in [0.05, 0.1) is 5.54 Å². The maximum Gasteiger partial charge on any atom is 0.410 e. The average Bonchev–Trinajstić information content (AvgIpc) is 2.66. The molecule has 6 heteroatoms. The standard InChI is InChI=1S/C13H23ClN2O3/c1-12(2,3)19-11(18)16-7-5-6-13(16,4)9-15-10(17)8-14/h5-9H2,1-4H3,(H,15,17). The molecule has 0 aromatic rings. The first-order valence-electron chi connectivity index (χ1n) is 6.51. The predicted octanol–water partition coefficient (Wildman–Crippen LogP) is 2.13. The van der Waals surface area contributed by atoms with Gasteiger partial charge in [0.2, 0.25) is 5.91 Å². The Morgan fingerprint density at radius 3 is 2.58 bits per heavy atom. The van der Waals surface area contributed by atoms with Crippen molar-refractivity contribution in [3.8, 4) is 0 Å². The summed E-state index contributed by atoms with van der Waals surface area (Å²) >= 11 is 5.45. The minimum Gasteiger partial charge on any atom is -0.444 e. The third kappa shape index (κ3) is 4.56. The van der Waals surface area contributed by atoms with Gasteiger partial charge in [-0.15, -0.1) is 11.6 Å². The van der Waals surface area contributed by atoms with Gasteiger partial charge >= 0.3 is 6.09 Å². The molecule has 5 nitrogen and oxygen atoms in total. The number of amides is 2. The minimum absolute atomic E-state index is 0.0669. The van der Waals surface area contributed by atoms with Gasteiger partial charge in [-0.2, -0.15) is 0 Å². The fourth-order valence-electron chi connectivity index (χ4n) is 2.17. The van der Waals surface area contributed by atoms with Crippen LogP contribution < -0.4 is 5.32 Å². The van der Waals surface area contributed by atoms with Crippen LogP contribution in [0.2, 0.25) is 0 Å². The summed E-state index contributed by atoms with van der Waals surface area (Å²) in [5.74, 6) is -0.290. The number of carbonyl (C=O) groups excluding carboxylic acids is 2. The second-order valence-electron chi connectivity index (χ2n) is 6.14. The van der Waals surface area contributed by atoms with Crippen LogP contribution in [-0.2, 0) is 9.53 Å². The molecule has 1 heterocycles. The number of halogens is 1. The number of hydrogen-bond acceptors (Lipinski definition) is 3. The van der Waals surface area contributed by atoms with E-state index < -0.39 is 11.1 Å². The Balaban J connectivity index is 2.66. The summed E-state index contributed by atoms with van der Waals surface area (Å²) in [5, 5.41) is 2.74. The van der Waals surface area contributed by atoms with Crippen LogP contribution in [0.4, 0.5) is 4.79 Å². The molecular formula is C13H23ClN2O3. The number of alkyl halides is 1. The predicted molar refractivity (Wildman–Crippen MR) is 74.3 cm³/mol. The molecule has 1 saturated heterocycles. The molecule has 0 spiro atoms. The molecule has 0 bridgehead atoms. The quantitative estimate of drug-likeness (QED) is 0.810. The molecule has 1 atom stereocenters. The second-order valence-corrected chi connectivity index (χ2v) is 6.41. The molecule has 1 N–H and O–H groups in total. The van der Waals surface area contributed by atoms with Crippen LogP contribution >= 0.6 is 11.6 Å². The number of nitrogens with zero attached hydrogens (tertiary/aromatic N) is 1. The molecule has 0 saturated carbocycles. The van der Waals surface area contributed by atoms with E-state index >= 15 is 0 Å². The van der Waals surface area contributed by atoms with Gasteiger partial charge in [0, 0.05) is 13.1 Å². The second kappa shape index (κ2) is 5.99. The van der Waals surface area contributed by atoms with Gasteiger partial charge < -0.3 is 15.0 Å². The molecule has 1 fully saturated rings. The lowest BCUT2D eigenvalue weighted by Crippen LogP contribution is -2.53. The summed E-state index contributed by atoms with van der Waals surface area (Å²) < 4.78 is 5.40. The van der Waals surface area contributed by atoms with Crippen LogP contribution in [0.5, 0.6) is 0 Å². The Labute approximate surface area is 119 Å². The van der Waals surface area contributed by atoms with Crippen molar-refractivity contribution in [2.75, 3.05) is 19.0 Å². The number of likely N-dealkylation sites (tertiary alicyclic amines) is 1. The average molecular weight is 291 g/mol. The van der Waals surface area contributed by atoms with Crippen molar-refractivity contribution < 1.29 is 14.3 Å². The van der Waals surface area contributed by atoms with Crippen LogP contribution in [0.3, 0.4) is 0 Å². The molecule has 1 rings (SSSR count). The number of carbonyl (C=O) groups is 2. The maximum absolute atomic E-state index is 12.2. The van der Waals surface area contributed by atoms with E-state index in [1.54, 1.807) is 4.90 Å². The van der Waals surface area contributed by atoms with E-state index in [1.807, 2.05) is 27.7 Å². The summed E-state index contributed by atoms with van der Waals surface area (Å²) in [6, 6.07) is 0. The molecule has 0 aromatic carbocycles. The number of rotatable bonds is 3. The number of hydrogen-bond donors (Lipinski definition) is 1. The van der Waals surface area contributed by atoms with E-state index in [2.05, 4.69) is 5.32 Å². The van der Waals surface area contributed by atoms with Crippen LogP contribution in [0, 0.1) is 0 Å². The van der Waals surface area contributed by atoms with Crippen molar-refractivity contribution in [3.05, 3.63) is 0 Å². The summed E-state index contributed by atoms with van der Waals surface area (Å²) in [7, 11) is 0. The zero-order valence-electron chi connectivity index (χ0n) is 12.1. The topological polar surface area (TPSA) is 58.6 Å². The number of ether oxygens (including phenoxy) is 1. The fraction of sp³-hybridized carbons (Fsp3) is 0.846. The summed E-state index contributed by atoms with van der Waals surface area (Å²) in [5.41, 5.74) is -0.913. The highest BCUT2D eigenvalue weighted by Gasteiger charge is 2.41. The smallest absolute Gasteiger partial charge is 0.410 e. The van der Waals surface area contributed by atoms with Gasteiger partial charge in [-0.25, -0.2) is 4.79 Å². The van der Waals surface area contributed by atoms with Crippen molar-refractivity contribution in [1.29, 1.82) is 0 Å². The lowest BCUT2D eigenvalue weighted by molar-refractivity contribution is -0.119. The third-order valence-corrected chi connectivity index (χ3v) is 3.39. The monoisotopic (exact) mass is 290 g/mol. The van der Waals surface area contributed by atoms with Crippen LogP contribution in [0.25, 0.3) is 0 Å². The van der Waals surface area contributed by atoms with Crippen molar-refractivity contribution in [2.24, 2.45) is 0 Å². The summed E-state index contributed by atoms with van der Waals surface area (Å²) in [6.45, 7) is 8.53. The number of nitrogens with one attached hydrogen (secondary N) is 1. The molecule has 1 unspecified atom stereocenters. The molecule has 1 aliphatic rings. The van der Waals surface area contributed by atoms with E-state index in [9.17, 15) is 9.59 Å². The first kappa shape index (κ1) is 16.1. The Hall–Kier alpha value is -0.970. The molecule has 0 aromatic heterocycles. The van der Waals surface area contributed by atoms with E-state index in [1.165, 1.54) is 0 Å². The summed E-state index contributed by atoms with van der Waals surface area (Å²) in [4.78, 5) is 25.1. The normalized spacial score (nSPS) is 23.3. The van der Waals surface area contributed by atoms with Gasteiger partial charge in [0.1, 0.15) is 11.5 Å². The van der Waals surface area contributed by atoms with Gasteiger partial charge in [0.15, 0.2) is 0 Å². The molecule has 1 aliphatic heterocycles. The highest BCUT2D eigenvalue weighted by Crippen LogP contribution is 2.30. The van der Waals surface area contributed by atoms with Gasteiger partial charge in [-0.1, -0.05) is 0 Å². The van der Waals surface area contributed by atoms with Crippen molar-refractivity contribution in [2.45, 2.75) is 51.7 Å². The Kier molecular flexibility index (Phi) is 5.07. The van der Waals surface area contributed by atoms with Crippen molar-refractivity contribution in [1.82, 2.24) is 10.2 Å². The lowest BCUT2D eigenvalue weighted by Gasteiger charge is -2.36. The summed E-state index contributed by atoms with van der Waals surface area (Å²) in [6.07, 6.45) is 1.43.